The number of guanidine groups is 1. The normalized spacial score (nSPS) is 31.6. The van der Waals surface area contributed by atoms with Gasteiger partial charge in [-0.05, 0) is 49.3 Å². The van der Waals surface area contributed by atoms with E-state index in [0.29, 0.717) is 37.7 Å². The molecule has 1 atom stereocenters. The fraction of sp³-hybridized carbons (Fsp3) is 0.600. The second-order valence-corrected chi connectivity index (χ2v) is 8.48. The molecule has 2 aliphatic carbocycles. The molecule has 1 fully saturated rings. The van der Waals surface area contributed by atoms with Gasteiger partial charge in [-0.3, -0.25) is 9.69 Å². The molecule has 1 heterocycles. The van der Waals surface area contributed by atoms with E-state index < -0.39 is 34.4 Å². The first-order chi connectivity index (χ1) is 13.9. The first kappa shape index (κ1) is 21.1. The SMILES string of the molecule is COC1CCC2(CC1)Cc1ccc(C(O)(O)C(F)(F)F)cc1[C@]21N=C(N)N(C)C1=O. The number of ether oxygens (including phenoxy) is 1. The van der Waals surface area contributed by atoms with Gasteiger partial charge in [0.05, 0.1) is 6.10 Å². The van der Waals surface area contributed by atoms with Crippen LogP contribution in [0, 0.1) is 5.41 Å². The Kier molecular flexibility index (Phi) is 4.51. The number of hydrogen-bond acceptors (Lipinski definition) is 6. The standard InChI is InChI=1S/C20H24F3N3O4/c1-26-15(27)18(25-16(26)24)14-9-12(19(28,29)20(21,22)23)4-3-11(14)10-17(18)7-5-13(30-2)6-8-17/h3-4,9,13,28-29H,5-8,10H2,1-2H3,(H2,24,25)/t13?,17?,18-/m1/s1. The number of rotatable bonds is 2. The molecule has 4 rings (SSSR count). The Bertz CT molecular complexity index is 922. The molecule has 2 spiro atoms. The lowest BCUT2D eigenvalue weighted by atomic mass is 9.61. The average Bonchev–Trinajstić information content (AvgIpc) is 3.08. The van der Waals surface area contributed by atoms with Crippen LogP contribution < -0.4 is 5.73 Å². The summed E-state index contributed by atoms with van der Waals surface area (Å²) in [5.41, 5.74) is 3.97. The van der Waals surface area contributed by atoms with Crippen molar-refractivity contribution in [2.45, 2.75) is 55.7 Å². The number of carbonyl (C=O) groups excluding carboxylic acids is 1. The van der Waals surface area contributed by atoms with Crippen LogP contribution in [0.15, 0.2) is 23.2 Å². The van der Waals surface area contributed by atoms with Crippen molar-refractivity contribution >= 4 is 11.9 Å². The topological polar surface area (TPSA) is 108 Å². The fourth-order valence-electron chi connectivity index (χ4n) is 5.31. The van der Waals surface area contributed by atoms with E-state index in [1.165, 1.54) is 18.0 Å². The minimum atomic E-state index is -5.31. The Hall–Kier alpha value is -2.17. The van der Waals surface area contributed by atoms with Crippen molar-refractivity contribution in [1.29, 1.82) is 0 Å². The summed E-state index contributed by atoms with van der Waals surface area (Å²) >= 11 is 0. The van der Waals surface area contributed by atoms with Crippen molar-refractivity contribution in [1.82, 2.24) is 4.90 Å². The molecule has 3 aliphatic rings. The molecular formula is C20H24F3N3O4. The molecule has 10 heteroatoms. The van der Waals surface area contributed by atoms with Gasteiger partial charge in [0.1, 0.15) is 0 Å². The van der Waals surface area contributed by atoms with Gasteiger partial charge in [-0.1, -0.05) is 12.1 Å². The van der Waals surface area contributed by atoms with E-state index in [0.717, 1.165) is 12.1 Å². The highest BCUT2D eigenvalue weighted by Gasteiger charge is 2.66. The van der Waals surface area contributed by atoms with Crippen LogP contribution in [0.4, 0.5) is 13.2 Å². The summed E-state index contributed by atoms with van der Waals surface area (Å²) in [5, 5.41) is 19.6. The molecule has 0 unspecified atom stereocenters. The number of nitrogens with two attached hydrogens (primary N) is 1. The van der Waals surface area contributed by atoms with E-state index in [4.69, 9.17) is 10.5 Å². The molecular weight excluding hydrogens is 403 g/mol. The minimum absolute atomic E-state index is 0.0124. The van der Waals surface area contributed by atoms with E-state index in [9.17, 15) is 28.2 Å². The third-order valence-corrected chi connectivity index (χ3v) is 7.06. The summed E-state index contributed by atoms with van der Waals surface area (Å²) in [5.74, 6) is -4.47. The van der Waals surface area contributed by atoms with Gasteiger partial charge in [-0.15, -0.1) is 0 Å². The van der Waals surface area contributed by atoms with Crippen molar-refractivity contribution in [3.8, 4) is 0 Å². The van der Waals surface area contributed by atoms with Crippen LogP contribution in [0.1, 0.15) is 42.4 Å². The molecule has 1 aliphatic heterocycles. The van der Waals surface area contributed by atoms with Crippen molar-refractivity contribution in [3.05, 3.63) is 34.9 Å². The fourth-order valence-corrected chi connectivity index (χ4v) is 5.31. The van der Waals surface area contributed by atoms with Crippen LogP contribution >= 0.6 is 0 Å². The van der Waals surface area contributed by atoms with Crippen molar-refractivity contribution in [2.75, 3.05) is 14.2 Å². The maximum atomic E-state index is 13.4. The predicted octanol–water partition coefficient (Wildman–Crippen LogP) is 1.50. The summed E-state index contributed by atoms with van der Waals surface area (Å²) in [6.45, 7) is 0. The summed E-state index contributed by atoms with van der Waals surface area (Å²) in [7, 11) is 3.10. The Morgan fingerprint density at radius 1 is 1.27 bits per heavy atom. The summed E-state index contributed by atoms with van der Waals surface area (Å²) < 4.78 is 45.1. The second kappa shape index (κ2) is 6.41. The van der Waals surface area contributed by atoms with Crippen molar-refractivity contribution in [3.63, 3.8) is 0 Å². The number of halogens is 3. The zero-order chi connectivity index (χ0) is 22.1. The van der Waals surface area contributed by atoms with Crippen LogP contribution in [-0.4, -0.2) is 53.4 Å². The lowest BCUT2D eigenvalue weighted by Gasteiger charge is -2.45. The molecule has 1 saturated carbocycles. The highest BCUT2D eigenvalue weighted by molar-refractivity contribution is 6.08. The second-order valence-electron chi connectivity index (χ2n) is 8.48. The maximum absolute atomic E-state index is 13.4. The Morgan fingerprint density at radius 3 is 2.40 bits per heavy atom. The van der Waals surface area contributed by atoms with E-state index in [-0.39, 0.29) is 17.6 Å². The molecule has 0 bridgehead atoms. The largest absolute Gasteiger partial charge is 0.447 e. The monoisotopic (exact) mass is 427 g/mol. The van der Waals surface area contributed by atoms with E-state index in [2.05, 4.69) is 4.99 Å². The van der Waals surface area contributed by atoms with Crippen molar-refractivity contribution < 1.29 is 32.9 Å². The van der Waals surface area contributed by atoms with Crippen LogP contribution in [0.2, 0.25) is 0 Å². The number of hydrogen-bond donors (Lipinski definition) is 3. The zero-order valence-electron chi connectivity index (χ0n) is 16.7. The number of alkyl halides is 3. The Labute approximate surface area is 171 Å². The lowest BCUT2D eigenvalue weighted by Crippen LogP contribution is -2.51. The maximum Gasteiger partial charge on any atom is 0.447 e. The highest BCUT2D eigenvalue weighted by Crippen LogP contribution is 2.62. The number of methoxy groups -OCH3 is 1. The molecule has 1 aromatic carbocycles. The van der Waals surface area contributed by atoms with Crippen LogP contribution in [-0.2, 0) is 27.3 Å². The van der Waals surface area contributed by atoms with Gasteiger partial charge in [0, 0.05) is 25.1 Å². The number of carbonyl (C=O) groups is 1. The van der Waals surface area contributed by atoms with Crippen molar-refractivity contribution in [2.24, 2.45) is 16.1 Å². The number of likely N-dealkylation sites (N-methyl/N-ethyl adjacent to an activating group) is 1. The number of amides is 1. The molecule has 0 radical (unpaired) electrons. The summed E-state index contributed by atoms with van der Waals surface area (Å²) in [6.07, 6.45) is -2.32. The first-order valence-corrected chi connectivity index (χ1v) is 9.71. The lowest BCUT2D eigenvalue weighted by molar-refractivity contribution is -0.358. The Morgan fingerprint density at radius 2 is 1.90 bits per heavy atom. The summed E-state index contributed by atoms with van der Waals surface area (Å²) in [6, 6.07) is 3.51. The van der Waals surface area contributed by atoms with E-state index in [1.807, 2.05) is 0 Å². The van der Waals surface area contributed by atoms with Crippen LogP contribution in [0.3, 0.4) is 0 Å². The van der Waals surface area contributed by atoms with Crippen LogP contribution in [0.5, 0.6) is 0 Å². The van der Waals surface area contributed by atoms with Gasteiger partial charge < -0.3 is 20.7 Å². The van der Waals surface area contributed by atoms with Crippen LogP contribution in [0.25, 0.3) is 0 Å². The molecule has 30 heavy (non-hydrogen) atoms. The van der Waals surface area contributed by atoms with Gasteiger partial charge in [-0.2, -0.15) is 13.2 Å². The zero-order valence-corrected chi connectivity index (χ0v) is 16.7. The quantitative estimate of drug-likeness (QED) is 0.620. The summed E-state index contributed by atoms with van der Waals surface area (Å²) in [4.78, 5) is 19.2. The number of aliphatic imine (C=N–C) groups is 1. The molecule has 0 aromatic heterocycles. The molecule has 7 nitrogen and oxygen atoms in total. The predicted molar refractivity (Wildman–Crippen MR) is 100 cm³/mol. The number of benzene rings is 1. The number of fused-ring (bicyclic) bond motifs is 3. The average molecular weight is 427 g/mol. The van der Waals surface area contributed by atoms with E-state index in [1.54, 1.807) is 7.11 Å². The number of aliphatic hydroxyl groups is 2. The Balaban J connectivity index is 1.89. The third-order valence-electron chi connectivity index (χ3n) is 7.06. The third kappa shape index (κ3) is 2.56. The molecule has 1 amide bonds. The smallest absolute Gasteiger partial charge is 0.381 e. The minimum Gasteiger partial charge on any atom is -0.381 e. The highest BCUT2D eigenvalue weighted by atomic mass is 19.4. The molecule has 4 N–H and O–H groups in total. The molecule has 0 saturated heterocycles. The van der Waals surface area contributed by atoms with Gasteiger partial charge in [0.25, 0.3) is 11.7 Å². The van der Waals surface area contributed by atoms with E-state index >= 15 is 0 Å². The first-order valence-electron chi connectivity index (χ1n) is 9.71. The van der Waals surface area contributed by atoms with Gasteiger partial charge in [-0.25, -0.2) is 4.99 Å². The van der Waals surface area contributed by atoms with Gasteiger partial charge in [0.15, 0.2) is 11.5 Å². The van der Waals surface area contributed by atoms with Gasteiger partial charge >= 0.3 is 6.18 Å². The molecule has 1 aromatic rings. The van der Waals surface area contributed by atoms with Gasteiger partial charge in [0.2, 0.25) is 0 Å². The number of nitrogens with zero attached hydrogens (tertiary/aromatic N) is 2. The molecule has 164 valence electrons.